The van der Waals surface area contributed by atoms with Crippen LogP contribution in [0, 0.1) is 0 Å². The molecule has 49 heavy (non-hydrogen) atoms. The fourth-order valence-corrected chi connectivity index (χ4v) is 6.44. The second-order valence-corrected chi connectivity index (χ2v) is 14.3. The van der Waals surface area contributed by atoms with E-state index in [-0.39, 0.29) is 19.1 Å². The molecule has 2 amide bonds. The first-order valence-electron chi connectivity index (χ1n) is 21.0. The number of carbonyl (C=O) groups is 2. The summed E-state index contributed by atoms with van der Waals surface area (Å²) in [6.45, 7) is 6.32. The van der Waals surface area contributed by atoms with Gasteiger partial charge in [0.25, 0.3) is 0 Å². The van der Waals surface area contributed by atoms with E-state index in [4.69, 9.17) is 4.74 Å². The second-order valence-electron chi connectivity index (χ2n) is 14.3. The molecule has 0 heterocycles. The van der Waals surface area contributed by atoms with E-state index in [9.17, 15) is 9.59 Å². The molecule has 0 fully saturated rings. The lowest BCUT2D eigenvalue weighted by molar-refractivity contribution is -0.130. The first-order valence-corrected chi connectivity index (χ1v) is 21.0. The van der Waals surface area contributed by atoms with Gasteiger partial charge in [0.1, 0.15) is 13.2 Å². The molecule has 0 aliphatic carbocycles. The molecule has 0 radical (unpaired) electrons. The molecule has 0 aliphatic heterocycles. The van der Waals surface area contributed by atoms with Gasteiger partial charge in [-0.15, -0.1) is 0 Å². The SMILES string of the molecule is CCCCCCCCC=CCCCCCCCCN(CCCCCCCCCCCCCCCC)C(=O)CNC(=O)OCc1ccccc1. The number of alkyl carbamates (subject to hydrolysis) is 1. The predicted molar refractivity (Wildman–Crippen MR) is 211 cm³/mol. The molecule has 1 rings (SSSR count). The maximum absolute atomic E-state index is 13.1. The van der Waals surface area contributed by atoms with Crippen molar-refractivity contribution in [3.8, 4) is 0 Å². The molecule has 0 aliphatic rings. The van der Waals surface area contributed by atoms with E-state index >= 15 is 0 Å². The Kier molecular flexibility index (Phi) is 32.4. The van der Waals surface area contributed by atoms with Crippen LogP contribution in [0.3, 0.4) is 0 Å². The Labute approximate surface area is 303 Å². The van der Waals surface area contributed by atoms with E-state index in [1.54, 1.807) is 0 Å². The van der Waals surface area contributed by atoms with Crippen molar-refractivity contribution in [1.29, 1.82) is 0 Å². The number of unbranched alkanes of at least 4 members (excludes halogenated alkanes) is 25. The highest BCUT2D eigenvalue weighted by Gasteiger charge is 2.15. The van der Waals surface area contributed by atoms with E-state index < -0.39 is 6.09 Å². The zero-order chi connectivity index (χ0) is 35.3. The van der Waals surface area contributed by atoms with Crippen LogP contribution in [0.5, 0.6) is 0 Å². The molecule has 0 saturated heterocycles. The number of hydrogen-bond acceptors (Lipinski definition) is 3. The third-order valence-corrected chi connectivity index (χ3v) is 9.67. The lowest BCUT2D eigenvalue weighted by Crippen LogP contribution is -2.41. The maximum atomic E-state index is 13.1. The highest BCUT2D eigenvalue weighted by atomic mass is 16.5. The molecule has 0 atom stereocenters. The van der Waals surface area contributed by atoms with Gasteiger partial charge in [-0.1, -0.05) is 198 Å². The highest BCUT2D eigenvalue weighted by molar-refractivity contribution is 5.82. The standard InChI is InChI=1S/C44H78N2O3/c1-3-5-7-9-11-13-15-17-19-20-22-24-26-28-30-35-39-46(43(47)40-45-44(48)49-41-42-36-32-31-33-37-42)38-34-29-27-25-23-21-18-16-14-12-10-8-6-4-2/h17,19,31-33,36-37H,3-16,18,20-30,34-35,38-41H2,1-2H3,(H,45,48). The number of allylic oxidation sites excluding steroid dienone is 2. The smallest absolute Gasteiger partial charge is 0.407 e. The van der Waals surface area contributed by atoms with E-state index in [0.29, 0.717) is 0 Å². The van der Waals surface area contributed by atoms with Gasteiger partial charge in [0, 0.05) is 13.1 Å². The summed E-state index contributed by atoms with van der Waals surface area (Å²) in [5.41, 5.74) is 0.934. The van der Waals surface area contributed by atoms with Crippen molar-refractivity contribution in [1.82, 2.24) is 10.2 Å². The normalized spacial score (nSPS) is 11.3. The fraction of sp³-hybridized carbons (Fsp3) is 0.773. The molecule has 1 aromatic rings. The number of amides is 2. The van der Waals surface area contributed by atoms with Gasteiger partial charge in [0.2, 0.25) is 5.91 Å². The van der Waals surface area contributed by atoms with Crippen LogP contribution in [0.4, 0.5) is 4.79 Å². The first kappa shape index (κ1) is 44.7. The zero-order valence-electron chi connectivity index (χ0n) is 32.3. The number of nitrogens with zero attached hydrogens (tertiary/aromatic N) is 1. The lowest BCUT2D eigenvalue weighted by atomic mass is 10.0. The Hall–Kier alpha value is -2.30. The van der Waals surface area contributed by atoms with Gasteiger partial charge in [-0.3, -0.25) is 4.79 Å². The maximum Gasteiger partial charge on any atom is 0.407 e. The van der Waals surface area contributed by atoms with Crippen molar-refractivity contribution in [3.05, 3.63) is 48.0 Å². The lowest BCUT2D eigenvalue weighted by Gasteiger charge is -2.23. The minimum Gasteiger partial charge on any atom is -0.445 e. The Balaban J connectivity index is 2.22. The summed E-state index contributed by atoms with van der Waals surface area (Å²) < 4.78 is 5.31. The summed E-state index contributed by atoms with van der Waals surface area (Å²) in [6.07, 6.45) is 40.8. The number of carbonyl (C=O) groups excluding carboxylic acids is 2. The summed E-state index contributed by atoms with van der Waals surface area (Å²) in [5.74, 6) is -0.000832. The number of hydrogen-bond donors (Lipinski definition) is 1. The molecular formula is C44H78N2O3. The monoisotopic (exact) mass is 683 g/mol. The molecular weight excluding hydrogens is 604 g/mol. The van der Waals surface area contributed by atoms with Crippen LogP contribution in [-0.2, 0) is 16.1 Å². The van der Waals surface area contributed by atoms with Crippen molar-refractivity contribution in [3.63, 3.8) is 0 Å². The van der Waals surface area contributed by atoms with Gasteiger partial charge in [0.05, 0.1) is 0 Å². The van der Waals surface area contributed by atoms with Crippen molar-refractivity contribution in [2.24, 2.45) is 0 Å². The summed E-state index contributed by atoms with van der Waals surface area (Å²) >= 11 is 0. The summed E-state index contributed by atoms with van der Waals surface area (Å²) in [6, 6.07) is 9.62. The van der Waals surface area contributed by atoms with Crippen LogP contribution in [0.15, 0.2) is 42.5 Å². The van der Waals surface area contributed by atoms with E-state index in [1.807, 2.05) is 35.2 Å². The third kappa shape index (κ3) is 30.3. The van der Waals surface area contributed by atoms with Crippen molar-refractivity contribution < 1.29 is 14.3 Å². The third-order valence-electron chi connectivity index (χ3n) is 9.67. The highest BCUT2D eigenvalue weighted by Crippen LogP contribution is 2.14. The largest absolute Gasteiger partial charge is 0.445 e. The Bertz CT molecular complexity index is 887. The zero-order valence-corrected chi connectivity index (χ0v) is 32.3. The number of nitrogens with one attached hydrogen (secondary N) is 1. The Morgan fingerprint density at radius 3 is 1.37 bits per heavy atom. The average Bonchev–Trinajstić information content (AvgIpc) is 3.12. The van der Waals surface area contributed by atoms with Crippen LogP contribution in [0.2, 0.25) is 0 Å². The second kappa shape index (κ2) is 35.5. The van der Waals surface area contributed by atoms with Gasteiger partial charge in [0.15, 0.2) is 0 Å². The molecule has 1 N–H and O–H groups in total. The predicted octanol–water partition coefficient (Wildman–Crippen LogP) is 13.3. The van der Waals surface area contributed by atoms with Gasteiger partial charge >= 0.3 is 6.09 Å². The summed E-state index contributed by atoms with van der Waals surface area (Å²) in [4.78, 5) is 27.4. The summed E-state index contributed by atoms with van der Waals surface area (Å²) in [7, 11) is 0. The minimum absolute atomic E-state index is 0.000832. The molecule has 0 aromatic heterocycles. The van der Waals surface area contributed by atoms with Crippen LogP contribution >= 0.6 is 0 Å². The molecule has 0 spiro atoms. The fourth-order valence-electron chi connectivity index (χ4n) is 6.44. The van der Waals surface area contributed by atoms with Crippen molar-refractivity contribution in [2.75, 3.05) is 19.6 Å². The summed E-state index contributed by atoms with van der Waals surface area (Å²) in [5, 5.41) is 2.68. The molecule has 0 bridgehead atoms. The van der Waals surface area contributed by atoms with Crippen molar-refractivity contribution in [2.45, 2.75) is 200 Å². The number of rotatable bonds is 35. The van der Waals surface area contributed by atoms with Gasteiger partial charge < -0.3 is 15.0 Å². The van der Waals surface area contributed by atoms with E-state index in [0.717, 1.165) is 37.9 Å². The Morgan fingerprint density at radius 1 is 0.551 bits per heavy atom. The minimum atomic E-state index is -0.536. The van der Waals surface area contributed by atoms with Crippen LogP contribution < -0.4 is 5.32 Å². The molecule has 1 aromatic carbocycles. The molecule has 5 nitrogen and oxygen atoms in total. The van der Waals surface area contributed by atoms with E-state index in [1.165, 1.54) is 161 Å². The van der Waals surface area contributed by atoms with E-state index in [2.05, 4.69) is 31.3 Å². The molecule has 5 heteroatoms. The van der Waals surface area contributed by atoms with Crippen LogP contribution in [0.25, 0.3) is 0 Å². The molecule has 0 unspecified atom stereocenters. The molecule has 0 saturated carbocycles. The average molecular weight is 683 g/mol. The van der Waals surface area contributed by atoms with Crippen LogP contribution in [0.1, 0.15) is 199 Å². The van der Waals surface area contributed by atoms with Gasteiger partial charge in [-0.05, 0) is 44.1 Å². The molecule has 282 valence electrons. The Morgan fingerprint density at radius 2 is 0.939 bits per heavy atom. The number of ether oxygens (including phenoxy) is 1. The first-order chi connectivity index (χ1) is 24.2. The topological polar surface area (TPSA) is 58.6 Å². The van der Waals surface area contributed by atoms with Crippen LogP contribution in [-0.4, -0.2) is 36.5 Å². The van der Waals surface area contributed by atoms with Gasteiger partial charge in [-0.2, -0.15) is 0 Å². The van der Waals surface area contributed by atoms with Gasteiger partial charge in [-0.25, -0.2) is 4.79 Å². The number of benzene rings is 1. The van der Waals surface area contributed by atoms with Crippen molar-refractivity contribution >= 4 is 12.0 Å². The quantitative estimate of drug-likeness (QED) is 0.0572.